The van der Waals surface area contributed by atoms with Crippen LogP contribution in [0.15, 0.2) is 42.6 Å². The third-order valence-corrected chi connectivity index (χ3v) is 3.63. The first-order chi connectivity index (χ1) is 10.1. The number of carbonyl (C=O) groups excluding carboxylic acids is 2. The van der Waals surface area contributed by atoms with Gasteiger partial charge in [0.05, 0.1) is 0 Å². The maximum Gasteiger partial charge on any atom is 0.373 e. The Morgan fingerprint density at radius 3 is 2.67 bits per heavy atom. The maximum absolute atomic E-state index is 8.12. The number of aryl methyl sites for hydroxylation is 1. The standard InChI is InChI=1S/C15H13IN2.CO2/c1-10-5-13-7-12(9-17-15(13)18-10)6-11-3-2-4-14(16)8-11;2-1-3/h2-5,7-9H,6H2,1H3,(H,17,18);. The van der Waals surface area contributed by atoms with Gasteiger partial charge in [-0.2, -0.15) is 9.59 Å². The fraction of sp³-hybridized carbons (Fsp3) is 0.125. The maximum atomic E-state index is 8.12. The zero-order valence-electron chi connectivity index (χ0n) is 11.4. The van der Waals surface area contributed by atoms with Crippen LogP contribution in [-0.2, 0) is 16.0 Å². The molecule has 0 aliphatic rings. The molecule has 0 aliphatic heterocycles. The van der Waals surface area contributed by atoms with Gasteiger partial charge in [-0.3, -0.25) is 0 Å². The van der Waals surface area contributed by atoms with E-state index < -0.39 is 0 Å². The predicted molar refractivity (Wildman–Crippen MR) is 87.8 cm³/mol. The average molecular weight is 392 g/mol. The van der Waals surface area contributed by atoms with Crippen LogP contribution >= 0.6 is 22.6 Å². The van der Waals surface area contributed by atoms with Crippen molar-refractivity contribution >= 4 is 39.8 Å². The van der Waals surface area contributed by atoms with E-state index in [1.807, 2.05) is 6.20 Å². The molecule has 0 saturated carbocycles. The quantitative estimate of drug-likeness (QED) is 0.680. The molecule has 2 heterocycles. The minimum atomic E-state index is 0.250. The third-order valence-electron chi connectivity index (χ3n) is 2.96. The molecule has 1 N–H and O–H groups in total. The van der Waals surface area contributed by atoms with Crippen molar-refractivity contribution in [2.75, 3.05) is 0 Å². The molecule has 0 fully saturated rings. The van der Waals surface area contributed by atoms with E-state index >= 15 is 0 Å². The molecule has 1 aromatic carbocycles. The number of hydrogen-bond donors (Lipinski definition) is 1. The van der Waals surface area contributed by atoms with Gasteiger partial charge in [0.1, 0.15) is 5.65 Å². The lowest BCUT2D eigenvalue weighted by atomic mass is 10.1. The zero-order valence-corrected chi connectivity index (χ0v) is 13.5. The Kier molecular flexibility index (Phi) is 5.25. The summed E-state index contributed by atoms with van der Waals surface area (Å²) < 4.78 is 1.27. The van der Waals surface area contributed by atoms with Gasteiger partial charge in [-0.1, -0.05) is 12.1 Å². The molecule has 3 aromatic rings. The van der Waals surface area contributed by atoms with Crippen LogP contribution in [0.1, 0.15) is 16.8 Å². The third kappa shape index (κ3) is 4.24. The van der Waals surface area contributed by atoms with Gasteiger partial charge in [0.25, 0.3) is 0 Å². The molecule has 0 atom stereocenters. The van der Waals surface area contributed by atoms with Crippen LogP contribution in [0.25, 0.3) is 11.0 Å². The van der Waals surface area contributed by atoms with Crippen LogP contribution in [0.3, 0.4) is 0 Å². The number of nitrogens with zero attached hydrogens (tertiary/aromatic N) is 1. The Balaban J connectivity index is 0.000000497. The van der Waals surface area contributed by atoms with E-state index in [9.17, 15) is 0 Å². The molecule has 0 saturated heterocycles. The highest BCUT2D eigenvalue weighted by Crippen LogP contribution is 2.17. The van der Waals surface area contributed by atoms with E-state index in [2.05, 4.69) is 75.9 Å². The van der Waals surface area contributed by atoms with Crippen LogP contribution in [0.5, 0.6) is 0 Å². The van der Waals surface area contributed by atoms with Crippen LogP contribution in [0, 0.1) is 10.5 Å². The molecule has 4 nitrogen and oxygen atoms in total. The molecular weight excluding hydrogens is 379 g/mol. The molecule has 0 aliphatic carbocycles. The fourth-order valence-electron chi connectivity index (χ4n) is 2.18. The van der Waals surface area contributed by atoms with E-state index in [1.165, 1.54) is 20.1 Å². The number of rotatable bonds is 2. The highest BCUT2D eigenvalue weighted by Gasteiger charge is 2.02. The van der Waals surface area contributed by atoms with Crippen molar-refractivity contribution in [2.24, 2.45) is 0 Å². The summed E-state index contributed by atoms with van der Waals surface area (Å²) in [7, 11) is 0. The van der Waals surface area contributed by atoms with Crippen LogP contribution in [0.4, 0.5) is 0 Å². The summed E-state index contributed by atoms with van der Waals surface area (Å²) >= 11 is 2.35. The summed E-state index contributed by atoms with van der Waals surface area (Å²) in [6.07, 6.45) is 3.14. The molecule has 3 rings (SSSR count). The van der Waals surface area contributed by atoms with Gasteiger partial charge >= 0.3 is 6.15 Å². The molecule has 0 spiro atoms. The predicted octanol–water partition coefficient (Wildman–Crippen LogP) is 3.48. The number of benzene rings is 1. The molecule has 106 valence electrons. The lowest BCUT2D eigenvalue weighted by Crippen LogP contribution is -1.90. The molecule has 0 radical (unpaired) electrons. The highest BCUT2D eigenvalue weighted by atomic mass is 127. The molecule has 21 heavy (non-hydrogen) atoms. The van der Waals surface area contributed by atoms with E-state index in [0.717, 1.165) is 17.8 Å². The summed E-state index contributed by atoms with van der Waals surface area (Å²) in [5, 5.41) is 1.19. The second kappa shape index (κ2) is 7.15. The second-order valence-electron chi connectivity index (χ2n) is 4.62. The number of pyridine rings is 1. The summed E-state index contributed by atoms with van der Waals surface area (Å²) in [5.74, 6) is 0. The molecule has 5 heteroatoms. The van der Waals surface area contributed by atoms with Gasteiger partial charge in [0.2, 0.25) is 0 Å². The topological polar surface area (TPSA) is 62.8 Å². The van der Waals surface area contributed by atoms with Gasteiger partial charge in [-0.05, 0) is 71.3 Å². The van der Waals surface area contributed by atoms with E-state index in [1.54, 1.807) is 0 Å². The van der Waals surface area contributed by atoms with Crippen LogP contribution in [-0.4, -0.2) is 16.1 Å². The minimum Gasteiger partial charge on any atom is -0.344 e. The van der Waals surface area contributed by atoms with Crippen molar-refractivity contribution in [3.8, 4) is 0 Å². The fourth-order valence-corrected chi connectivity index (χ4v) is 2.78. The average Bonchev–Trinajstić information content (AvgIpc) is 2.79. The molecule has 0 unspecified atom stereocenters. The van der Waals surface area contributed by atoms with E-state index in [4.69, 9.17) is 9.59 Å². The number of aromatic amines is 1. The smallest absolute Gasteiger partial charge is 0.344 e. The highest BCUT2D eigenvalue weighted by molar-refractivity contribution is 14.1. The van der Waals surface area contributed by atoms with Crippen molar-refractivity contribution in [3.63, 3.8) is 0 Å². The van der Waals surface area contributed by atoms with Crippen LogP contribution < -0.4 is 0 Å². The Morgan fingerprint density at radius 1 is 1.19 bits per heavy atom. The number of H-pyrrole nitrogens is 1. The SMILES string of the molecule is Cc1cc2cc(Cc3cccc(I)c3)cnc2[nH]1.O=C=O. The zero-order chi connectivity index (χ0) is 15.2. The minimum absolute atomic E-state index is 0.250. The van der Waals surface area contributed by atoms with Crippen LogP contribution in [0.2, 0.25) is 0 Å². The summed E-state index contributed by atoms with van der Waals surface area (Å²) in [5.41, 5.74) is 4.71. The van der Waals surface area contributed by atoms with Crippen molar-refractivity contribution < 1.29 is 9.59 Å². The normalized spacial score (nSPS) is 9.81. The lowest BCUT2D eigenvalue weighted by Gasteiger charge is -2.02. The molecule has 0 bridgehead atoms. The van der Waals surface area contributed by atoms with Gasteiger partial charge in [-0.15, -0.1) is 0 Å². The van der Waals surface area contributed by atoms with Crippen molar-refractivity contribution in [2.45, 2.75) is 13.3 Å². The van der Waals surface area contributed by atoms with Gasteiger partial charge in [0, 0.05) is 20.8 Å². The number of nitrogens with one attached hydrogen (secondary N) is 1. The van der Waals surface area contributed by atoms with Crippen molar-refractivity contribution in [1.29, 1.82) is 0 Å². The summed E-state index contributed by atoms with van der Waals surface area (Å²) in [6.45, 7) is 2.06. The number of hydrogen-bond acceptors (Lipinski definition) is 3. The van der Waals surface area contributed by atoms with E-state index in [-0.39, 0.29) is 6.15 Å². The van der Waals surface area contributed by atoms with E-state index in [0.29, 0.717) is 0 Å². The Bertz CT molecular complexity index is 790. The molecule has 2 aromatic heterocycles. The summed E-state index contributed by atoms with van der Waals surface area (Å²) in [6, 6.07) is 12.9. The van der Waals surface area contributed by atoms with Gasteiger partial charge < -0.3 is 4.98 Å². The number of halogens is 1. The largest absolute Gasteiger partial charge is 0.373 e. The van der Waals surface area contributed by atoms with Crippen molar-refractivity contribution in [3.05, 3.63) is 63.0 Å². The summed E-state index contributed by atoms with van der Waals surface area (Å²) in [4.78, 5) is 24.0. The Labute approximate surface area is 135 Å². The first-order valence-corrected chi connectivity index (χ1v) is 7.38. The Hall–Kier alpha value is -1.98. The number of aromatic nitrogens is 2. The monoisotopic (exact) mass is 392 g/mol. The first-order valence-electron chi connectivity index (χ1n) is 6.30. The van der Waals surface area contributed by atoms with Gasteiger partial charge in [-0.25, -0.2) is 4.98 Å². The van der Waals surface area contributed by atoms with Crippen molar-refractivity contribution in [1.82, 2.24) is 9.97 Å². The second-order valence-corrected chi connectivity index (χ2v) is 5.87. The Morgan fingerprint density at radius 2 is 1.95 bits per heavy atom. The number of fused-ring (bicyclic) bond motifs is 1. The lowest BCUT2D eigenvalue weighted by molar-refractivity contribution is -0.191. The first kappa shape index (κ1) is 15.4. The molecule has 0 amide bonds. The molecular formula is C16H13IN2O2. The van der Waals surface area contributed by atoms with Gasteiger partial charge in [0.15, 0.2) is 0 Å².